The van der Waals surface area contributed by atoms with Gasteiger partial charge in [-0.2, -0.15) is 4.98 Å². The second-order valence-electron chi connectivity index (χ2n) is 8.85. The van der Waals surface area contributed by atoms with Crippen molar-refractivity contribution in [2.45, 2.75) is 76.0 Å². The average Bonchev–Trinajstić information content (AvgIpc) is 3.42. The molecule has 0 unspecified atom stereocenters. The van der Waals surface area contributed by atoms with E-state index in [1.807, 2.05) is 30.5 Å². The zero-order valence-electron chi connectivity index (χ0n) is 17.7. The lowest BCUT2D eigenvalue weighted by atomic mass is 9.92. The number of anilines is 2. The number of fused-ring (bicyclic) bond motifs is 1. The van der Waals surface area contributed by atoms with Gasteiger partial charge in [-0.1, -0.05) is 42.6 Å². The number of hydrogen-bond donors (Lipinski definition) is 3. The van der Waals surface area contributed by atoms with E-state index in [-0.39, 0.29) is 0 Å². The summed E-state index contributed by atoms with van der Waals surface area (Å²) in [5.41, 5.74) is 8.83. The van der Waals surface area contributed by atoms with Crippen LogP contribution in [0.3, 0.4) is 0 Å². The van der Waals surface area contributed by atoms with Gasteiger partial charge >= 0.3 is 0 Å². The second-order valence-corrected chi connectivity index (χ2v) is 9.25. The van der Waals surface area contributed by atoms with E-state index in [2.05, 4.69) is 20.2 Å². The summed E-state index contributed by atoms with van der Waals surface area (Å²) >= 11 is 6.35. The number of nitrogens with one attached hydrogen (secondary N) is 2. The van der Waals surface area contributed by atoms with Gasteiger partial charge in [-0.25, -0.2) is 9.97 Å². The molecule has 0 bridgehead atoms. The van der Waals surface area contributed by atoms with Crippen LogP contribution >= 0.6 is 11.6 Å². The zero-order valence-corrected chi connectivity index (χ0v) is 18.5. The number of nitrogens with zero attached hydrogens (tertiary/aromatic N) is 4. The highest BCUT2D eigenvalue weighted by molar-refractivity contribution is 6.31. The van der Waals surface area contributed by atoms with Gasteiger partial charge in [-0.15, -0.1) is 0 Å². The molecule has 3 aromatic rings. The van der Waals surface area contributed by atoms with E-state index < -0.39 is 0 Å². The van der Waals surface area contributed by atoms with Gasteiger partial charge in [0.05, 0.1) is 6.20 Å². The number of nitrogens with two attached hydrogens (primary N) is 1. The first-order valence-electron chi connectivity index (χ1n) is 11.4. The molecule has 2 saturated carbocycles. The third-order valence-corrected chi connectivity index (χ3v) is 6.99. The molecular formula is C23H30ClN7. The Morgan fingerprint density at radius 2 is 1.81 bits per heavy atom. The van der Waals surface area contributed by atoms with E-state index in [1.54, 1.807) is 0 Å². The zero-order chi connectivity index (χ0) is 21.2. The third-order valence-electron chi connectivity index (χ3n) is 6.62. The van der Waals surface area contributed by atoms with E-state index in [0.717, 1.165) is 66.2 Å². The Morgan fingerprint density at radius 1 is 1.03 bits per heavy atom. The molecular weight excluding hydrogens is 410 g/mol. The van der Waals surface area contributed by atoms with Gasteiger partial charge in [-0.3, -0.25) is 4.57 Å². The van der Waals surface area contributed by atoms with Crippen LogP contribution in [0.15, 0.2) is 30.5 Å². The first-order chi connectivity index (χ1) is 15.2. The quantitative estimate of drug-likeness (QED) is 0.506. The van der Waals surface area contributed by atoms with Crippen LogP contribution in [0.4, 0.5) is 11.9 Å². The maximum atomic E-state index is 6.35. The minimum Gasteiger partial charge on any atom is -0.351 e. The lowest BCUT2D eigenvalue weighted by molar-refractivity contribution is 0.410. The van der Waals surface area contributed by atoms with Crippen molar-refractivity contribution in [2.75, 3.05) is 10.6 Å². The van der Waals surface area contributed by atoms with Crippen molar-refractivity contribution in [3.63, 3.8) is 0 Å². The number of halogens is 1. The SMILES string of the molecule is NC1CCC(Nc2ncc3nc(NCc4ccccc4Cl)n(C4CCCC4)c3n2)CC1. The lowest BCUT2D eigenvalue weighted by Crippen LogP contribution is -2.33. The van der Waals surface area contributed by atoms with Gasteiger partial charge < -0.3 is 16.4 Å². The predicted molar refractivity (Wildman–Crippen MR) is 125 cm³/mol. The highest BCUT2D eigenvalue weighted by Crippen LogP contribution is 2.35. The standard InChI is InChI=1S/C23H30ClN7/c24-19-8-4-1-5-15(19)13-27-23-29-20-14-26-22(28-17-11-9-16(25)10-12-17)30-21(20)31(23)18-6-2-3-7-18/h1,4-5,8,14,16-18H,2-3,6-7,9-13,25H2,(H,27,29)(H,26,28,30). The van der Waals surface area contributed by atoms with Crippen LogP contribution in [-0.4, -0.2) is 31.6 Å². The normalized spacial score (nSPS) is 22.1. The summed E-state index contributed by atoms with van der Waals surface area (Å²) in [6, 6.07) is 9.04. The van der Waals surface area contributed by atoms with Gasteiger partial charge in [0.2, 0.25) is 11.9 Å². The summed E-state index contributed by atoms with van der Waals surface area (Å²) in [6.45, 7) is 0.622. The van der Waals surface area contributed by atoms with E-state index in [9.17, 15) is 0 Å². The highest BCUT2D eigenvalue weighted by Gasteiger charge is 2.25. The second kappa shape index (κ2) is 9.01. The number of benzene rings is 1. The van der Waals surface area contributed by atoms with Gasteiger partial charge in [0.1, 0.15) is 5.52 Å². The van der Waals surface area contributed by atoms with Crippen LogP contribution in [0.25, 0.3) is 11.2 Å². The smallest absolute Gasteiger partial charge is 0.224 e. The first kappa shape index (κ1) is 20.5. The Bertz CT molecular complexity index is 1040. The molecule has 2 aliphatic rings. The molecule has 1 aromatic carbocycles. The molecule has 0 radical (unpaired) electrons. The van der Waals surface area contributed by atoms with Crippen LogP contribution in [0.1, 0.15) is 63.0 Å². The minimum atomic E-state index is 0.331. The fourth-order valence-corrected chi connectivity index (χ4v) is 5.06. The van der Waals surface area contributed by atoms with Crippen LogP contribution < -0.4 is 16.4 Å². The molecule has 4 N–H and O–H groups in total. The topological polar surface area (TPSA) is 93.7 Å². The summed E-state index contributed by atoms with van der Waals surface area (Å²) in [7, 11) is 0. The Labute approximate surface area is 187 Å². The first-order valence-corrected chi connectivity index (χ1v) is 11.8. The van der Waals surface area contributed by atoms with E-state index in [4.69, 9.17) is 27.3 Å². The lowest BCUT2D eigenvalue weighted by Gasteiger charge is -2.26. The Balaban J connectivity index is 1.42. The summed E-state index contributed by atoms with van der Waals surface area (Å²) in [4.78, 5) is 14.3. The highest BCUT2D eigenvalue weighted by atomic mass is 35.5. The molecule has 31 heavy (non-hydrogen) atoms. The van der Waals surface area contributed by atoms with Crippen molar-refractivity contribution in [1.82, 2.24) is 19.5 Å². The van der Waals surface area contributed by atoms with Crippen LogP contribution in [0.5, 0.6) is 0 Å². The average molecular weight is 440 g/mol. The van der Waals surface area contributed by atoms with Gasteiger partial charge in [0.25, 0.3) is 0 Å². The number of hydrogen-bond acceptors (Lipinski definition) is 6. The molecule has 2 heterocycles. The van der Waals surface area contributed by atoms with E-state index in [0.29, 0.717) is 30.6 Å². The predicted octanol–water partition coefficient (Wildman–Crippen LogP) is 4.89. The van der Waals surface area contributed by atoms with Crippen molar-refractivity contribution in [2.24, 2.45) is 5.73 Å². The van der Waals surface area contributed by atoms with Crippen LogP contribution in [0.2, 0.25) is 5.02 Å². The third kappa shape index (κ3) is 4.48. The Morgan fingerprint density at radius 3 is 2.58 bits per heavy atom. The molecule has 2 fully saturated rings. The molecule has 0 saturated heterocycles. The molecule has 5 rings (SSSR count). The van der Waals surface area contributed by atoms with Crippen molar-refractivity contribution in [3.05, 3.63) is 41.0 Å². The molecule has 0 atom stereocenters. The molecule has 2 aromatic heterocycles. The monoisotopic (exact) mass is 439 g/mol. The molecule has 0 spiro atoms. The fraction of sp³-hybridized carbons (Fsp3) is 0.522. The number of rotatable bonds is 6. The summed E-state index contributed by atoms with van der Waals surface area (Å²) in [5.74, 6) is 1.53. The van der Waals surface area contributed by atoms with Crippen molar-refractivity contribution < 1.29 is 0 Å². The molecule has 164 valence electrons. The van der Waals surface area contributed by atoms with Crippen molar-refractivity contribution in [1.29, 1.82) is 0 Å². The van der Waals surface area contributed by atoms with Gasteiger partial charge in [-0.05, 0) is 50.2 Å². The molecule has 2 aliphatic carbocycles. The Kier molecular flexibility index (Phi) is 5.96. The van der Waals surface area contributed by atoms with Crippen LogP contribution in [0, 0.1) is 0 Å². The van der Waals surface area contributed by atoms with Crippen molar-refractivity contribution >= 4 is 34.7 Å². The maximum absolute atomic E-state index is 6.35. The number of imidazole rings is 1. The summed E-state index contributed by atoms with van der Waals surface area (Å²) < 4.78 is 2.28. The molecule has 0 amide bonds. The Hall–Kier alpha value is -2.38. The minimum absolute atomic E-state index is 0.331. The van der Waals surface area contributed by atoms with E-state index in [1.165, 1.54) is 12.8 Å². The number of aromatic nitrogens is 4. The van der Waals surface area contributed by atoms with E-state index >= 15 is 0 Å². The molecule has 8 heteroatoms. The summed E-state index contributed by atoms with van der Waals surface area (Å²) in [5, 5.41) is 7.80. The van der Waals surface area contributed by atoms with Crippen molar-refractivity contribution in [3.8, 4) is 0 Å². The molecule has 7 nitrogen and oxygen atoms in total. The van der Waals surface area contributed by atoms with Gasteiger partial charge in [0, 0.05) is 29.7 Å². The van der Waals surface area contributed by atoms with Crippen LogP contribution in [-0.2, 0) is 6.54 Å². The maximum Gasteiger partial charge on any atom is 0.224 e. The van der Waals surface area contributed by atoms with Gasteiger partial charge in [0.15, 0.2) is 5.65 Å². The molecule has 0 aliphatic heterocycles. The summed E-state index contributed by atoms with van der Waals surface area (Å²) in [6.07, 6.45) is 10.9. The fourth-order valence-electron chi connectivity index (χ4n) is 4.86. The largest absolute Gasteiger partial charge is 0.351 e.